The van der Waals surface area contributed by atoms with Crippen LogP contribution in [-0.4, -0.2) is 50.9 Å². The number of aryl methyl sites for hydroxylation is 1. The summed E-state index contributed by atoms with van der Waals surface area (Å²) in [5.74, 6) is 0.439. The number of nitrogens with zero attached hydrogens (tertiary/aromatic N) is 4. The number of aromatic nitrogens is 2. The fraction of sp³-hybridized carbons (Fsp3) is 0.500. The van der Waals surface area contributed by atoms with Crippen LogP contribution in [0.4, 0.5) is 0 Å². The number of carbonyl (C=O) groups excluding carboxylic acids is 2. The SMILES string of the molecule is Cc1cc(C(=O)N2CC3CCC(C2)N(Cc2cscn2)C3=O)no1. The quantitative estimate of drug-likeness (QED) is 0.845. The highest BCUT2D eigenvalue weighted by Gasteiger charge is 2.42. The minimum absolute atomic E-state index is 0.0369. The molecule has 3 aliphatic rings. The van der Waals surface area contributed by atoms with E-state index in [9.17, 15) is 9.59 Å². The van der Waals surface area contributed by atoms with Crippen molar-refractivity contribution in [2.75, 3.05) is 13.1 Å². The Kier molecular flexibility index (Phi) is 3.84. The van der Waals surface area contributed by atoms with Gasteiger partial charge in [0.2, 0.25) is 5.91 Å². The molecule has 126 valence electrons. The molecule has 5 heterocycles. The normalized spacial score (nSPS) is 23.6. The van der Waals surface area contributed by atoms with Crippen LogP contribution in [-0.2, 0) is 11.3 Å². The number of carbonyl (C=O) groups is 2. The van der Waals surface area contributed by atoms with E-state index in [4.69, 9.17) is 4.52 Å². The van der Waals surface area contributed by atoms with Crippen molar-refractivity contribution >= 4 is 23.2 Å². The molecule has 2 amide bonds. The Morgan fingerprint density at radius 1 is 1.42 bits per heavy atom. The van der Waals surface area contributed by atoms with Crippen LogP contribution in [0.25, 0.3) is 0 Å². The summed E-state index contributed by atoms with van der Waals surface area (Å²) in [6.45, 7) is 3.27. The minimum Gasteiger partial charge on any atom is -0.361 e. The van der Waals surface area contributed by atoms with Crippen LogP contribution in [0.3, 0.4) is 0 Å². The Balaban J connectivity index is 1.55. The predicted molar refractivity (Wildman–Crippen MR) is 86.3 cm³/mol. The van der Waals surface area contributed by atoms with Crippen LogP contribution in [0.5, 0.6) is 0 Å². The van der Waals surface area contributed by atoms with E-state index in [1.54, 1.807) is 23.4 Å². The van der Waals surface area contributed by atoms with Crippen molar-refractivity contribution in [3.05, 3.63) is 34.1 Å². The molecule has 3 aliphatic heterocycles. The number of rotatable bonds is 3. The van der Waals surface area contributed by atoms with Gasteiger partial charge in [0.25, 0.3) is 5.91 Å². The molecule has 0 aromatic carbocycles. The zero-order valence-corrected chi connectivity index (χ0v) is 14.2. The number of amides is 2. The van der Waals surface area contributed by atoms with E-state index in [0.717, 1.165) is 18.5 Å². The number of thiazole rings is 1. The highest BCUT2D eigenvalue weighted by Crippen LogP contribution is 2.31. The first-order valence-electron chi connectivity index (χ1n) is 8.02. The van der Waals surface area contributed by atoms with Gasteiger partial charge in [-0.15, -0.1) is 11.3 Å². The summed E-state index contributed by atoms with van der Waals surface area (Å²) in [5, 5.41) is 5.78. The largest absolute Gasteiger partial charge is 0.361 e. The second-order valence-corrected chi connectivity index (χ2v) is 7.13. The van der Waals surface area contributed by atoms with Crippen molar-refractivity contribution in [2.24, 2.45) is 5.92 Å². The van der Waals surface area contributed by atoms with Gasteiger partial charge in [-0.25, -0.2) is 4.98 Å². The van der Waals surface area contributed by atoms with Crippen LogP contribution in [0.2, 0.25) is 0 Å². The molecule has 5 rings (SSSR count). The number of piperidine rings is 1. The molecule has 3 fully saturated rings. The molecule has 0 radical (unpaired) electrons. The lowest BCUT2D eigenvalue weighted by molar-refractivity contribution is -0.140. The third-order valence-corrected chi connectivity index (χ3v) is 5.38. The van der Waals surface area contributed by atoms with Gasteiger partial charge in [-0.1, -0.05) is 5.16 Å². The second-order valence-electron chi connectivity index (χ2n) is 6.41. The maximum atomic E-state index is 12.8. The average molecular weight is 346 g/mol. The van der Waals surface area contributed by atoms with Crippen molar-refractivity contribution in [3.8, 4) is 0 Å². The van der Waals surface area contributed by atoms with Gasteiger partial charge in [0, 0.05) is 30.6 Å². The van der Waals surface area contributed by atoms with E-state index in [1.807, 2.05) is 10.3 Å². The lowest BCUT2D eigenvalue weighted by Gasteiger charge is -2.35. The average Bonchev–Trinajstić information content (AvgIpc) is 3.15. The molecule has 2 aromatic heterocycles. The Labute approximate surface area is 143 Å². The van der Waals surface area contributed by atoms with E-state index >= 15 is 0 Å². The predicted octanol–water partition coefficient (Wildman–Crippen LogP) is 1.70. The molecule has 24 heavy (non-hydrogen) atoms. The summed E-state index contributed by atoms with van der Waals surface area (Å²) in [6.07, 6.45) is 1.75. The van der Waals surface area contributed by atoms with Crippen molar-refractivity contribution in [3.63, 3.8) is 0 Å². The summed E-state index contributed by atoms with van der Waals surface area (Å²) in [5.41, 5.74) is 3.00. The first kappa shape index (κ1) is 15.3. The Morgan fingerprint density at radius 2 is 2.29 bits per heavy atom. The van der Waals surface area contributed by atoms with E-state index < -0.39 is 0 Å². The molecule has 2 bridgehead atoms. The minimum atomic E-state index is -0.160. The summed E-state index contributed by atoms with van der Waals surface area (Å²) < 4.78 is 5.01. The van der Waals surface area contributed by atoms with E-state index in [-0.39, 0.29) is 23.8 Å². The van der Waals surface area contributed by atoms with Crippen LogP contribution < -0.4 is 0 Å². The van der Waals surface area contributed by atoms with E-state index in [0.29, 0.717) is 31.1 Å². The van der Waals surface area contributed by atoms with Crippen LogP contribution in [0, 0.1) is 12.8 Å². The molecular weight excluding hydrogens is 328 g/mol. The van der Waals surface area contributed by atoms with Gasteiger partial charge in [0.05, 0.1) is 23.7 Å². The van der Waals surface area contributed by atoms with Gasteiger partial charge >= 0.3 is 0 Å². The molecule has 2 atom stereocenters. The molecule has 0 aliphatic carbocycles. The maximum Gasteiger partial charge on any atom is 0.276 e. The smallest absolute Gasteiger partial charge is 0.276 e. The molecule has 0 spiro atoms. The molecular formula is C16H18N4O3S. The van der Waals surface area contributed by atoms with E-state index in [2.05, 4.69) is 10.1 Å². The number of hydrogen-bond donors (Lipinski definition) is 0. The summed E-state index contributed by atoms with van der Waals surface area (Å²) in [6, 6.07) is 1.68. The fourth-order valence-corrected chi connectivity index (χ4v) is 4.08. The lowest BCUT2D eigenvalue weighted by atomic mass is 9.94. The van der Waals surface area contributed by atoms with Crippen molar-refractivity contribution in [1.82, 2.24) is 19.9 Å². The third-order valence-electron chi connectivity index (χ3n) is 4.74. The van der Waals surface area contributed by atoms with Gasteiger partial charge in [-0.05, 0) is 19.8 Å². The van der Waals surface area contributed by atoms with Crippen LogP contribution in [0.1, 0.15) is 34.8 Å². The van der Waals surface area contributed by atoms with E-state index in [1.165, 1.54) is 11.3 Å². The molecule has 8 heteroatoms. The third kappa shape index (κ3) is 2.71. The first-order chi connectivity index (χ1) is 11.6. The van der Waals surface area contributed by atoms with Gasteiger partial charge < -0.3 is 14.3 Å². The Bertz CT molecular complexity index is 757. The molecule has 0 N–H and O–H groups in total. The highest BCUT2D eigenvalue weighted by molar-refractivity contribution is 7.07. The topological polar surface area (TPSA) is 79.5 Å². The maximum absolute atomic E-state index is 12.8. The second kappa shape index (κ2) is 6.01. The Morgan fingerprint density at radius 3 is 3.00 bits per heavy atom. The van der Waals surface area contributed by atoms with Gasteiger partial charge in [-0.3, -0.25) is 9.59 Å². The van der Waals surface area contributed by atoms with Gasteiger partial charge in [0.15, 0.2) is 5.69 Å². The number of fused-ring (bicyclic) bond motifs is 4. The van der Waals surface area contributed by atoms with Crippen LogP contribution in [0.15, 0.2) is 21.5 Å². The Hall–Kier alpha value is -2.22. The van der Waals surface area contributed by atoms with Gasteiger partial charge in [0.1, 0.15) is 5.76 Å². The monoisotopic (exact) mass is 346 g/mol. The molecule has 3 saturated heterocycles. The molecule has 2 aromatic rings. The van der Waals surface area contributed by atoms with Crippen LogP contribution >= 0.6 is 11.3 Å². The summed E-state index contributed by atoms with van der Waals surface area (Å²) in [7, 11) is 0. The zero-order valence-electron chi connectivity index (χ0n) is 13.3. The highest BCUT2D eigenvalue weighted by atomic mass is 32.1. The molecule has 2 unspecified atom stereocenters. The van der Waals surface area contributed by atoms with Crippen molar-refractivity contribution in [1.29, 1.82) is 0 Å². The fourth-order valence-electron chi connectivity index (χ4n) is 3.53. The summed E-state index contributed by atoms with van der Waals surface area (Å²) in [4.78, 5) is 33.4. The lowest BCUT2D eigenvalue weighted by Crippen LogP contribution is -2.47. The number of hydrogen-bond acceptors (Lipinski definition) is 6. The standard InChI is InChI=1S/C16H18N4O3S/c1-10-4-14(18-23-10)16(22)19-5-11-2-3-13(7-19)20(15(11)21)6-12-8-24-9-17-12/h4,8-9,11,13H,2-3,5-7H2,1H3. The molecule has 7 nitrogen and oxygen atoms in total. The van der Waals surface area contributed by atoms with Crippen molar-refractivity contribution in [2.45, 2.75) is 32.4 Å². The van der Waals surface area contributed by atoms with Crippen molar-refractivity contribution < 1.29 is 14.1 Å². The van der Waals surface area contributed by atoms with Gasteiger partial charge in [-0.2, -0.15) is 0 Å². The summed E-state index contributed by atoms with van der Waals surface area (Å²) >= 11 is 1.53. The molecule has 0 saturated carbocycles. The zero-order chi connectivity index (χ0) is 16.7. The first-order valence-corrected chi connectivity index (χ1v) is 8.96.